The van der Waals surface area contributed by atoms with Gasteiger partial charge in [-0.1, -0.05) is 0 Å². The van der Waals surface area contributed by atoms with Crippen LogP contribution in [0.3, 0.4) is 0 Å². The number of hydrogen-bond donors (Lipinski definition) is 0. The molecule has 0 bridgehead atoms. The van der Waals surface area contributed by atoms with E-state index in [1.807, 2.05) is 27.7 Å². The van der Waals surface area contributed by atoms with Gasteiger partial charge in [-0.2, -0.15) is 0 Å². The zero-order valence-electron chi connectivity index (χ0n) is 10.6. The quantitative estimate of drug-likeness (QED) is 0.666. The van der Waals surface area contributed by atoms with Gasteiger partial charge in [0, 0.05) is 18.5 Å². The van der Waals surface area contributed by atoms with Crippen LogP contribution in [-0.2, 0) is 4.74 Å². The number of rotatable bonds is 1. The highest BCUT2D eigenvalue weighted by atomic mass is 35.5. The first-order valence-corrected chi connectivity index (χ1v) is 6.35. The molecule has 0 spiro atoms. The van der Waals surface area contributed by atoms with E-state index in [4.69, 9.17) is 16.3 Å². The number of piperidine rings is 1. The van der Waals surface area contributed by atoms with Crippen molar-refractivity contribution in [2.75, 3.05) is 13.1 Å². The van der Waals surface area contributed by atoms with Crippen molar-refractivity contribution in [2.45, 2.75) is 51.5 Å². The highest BCUT2D eigenvalue weighted by Crippen LogP contribution is 2.24. The first-order chi connectivity index (χ1) is 7.29. The summed E-state index contributed by atoms with van der Waals surface area (Å²) >= 11 is 6.06. The molecule has 1 aliphatic heterocycles. The van der Waals surface area contributed by atoms with E-state index in [1.165, 1.54) is 0 Å². The predicted molar refractivity (Wildman–Crippen MR) is 65.8 cm³/mol. The van der Waals surface area contributed by atoms with Crippen molar-refractivity contribution in [2.24, 2.45) is 5.92 Å². The average Bonchev–Trinajstić information content (AvgIpc) is 2.15. The molecule has 0 radical (unpaired) electrons. The minimum atomic E-state index is -0.409. The fraction of sp³-hybridized carbons (Fsp3) is 0.917. The van der Waals surface area contributed by atoms with Crippen LogP contribution in [0.5, 0.6) is 0 Å². The Hall–Kier alpha value is -0.440. The summed E-state index contributed by atoms with van der Waals surface area (Å²) in [5.41, 5.74) is -0.409. The van der Waals surface area contributed by atoms with E-state index >= 15 is 0 Å². The van der Waals surface area contributed by atoms with Gasteiger partial charge >= 0.3 is 6.09 Å². The van der Waals surface area contributed by atoms with Gasteiger partial charge in [-0.15, -0.1) is 11.6 Å². The highest BCUT2D eigenvalue weighted by molar-refractivity contribution is 6.20. The molecule has 1 amide bonds. The summed E-state index contributed by atoms with van der Waals surface area (Å²) < 4.78 is 5.33. The first-order valence-electron chi connectivity index (χ1n) is 5.91. The lowest BCUT2D eigenvalue weighted by Gasteiger charge is -2.34. The van der Waals surface area contributed by atoms with Gasteiger partial charge in [-0.3, -0.25) is 0 Å². The lowest BCUT2D eigenvalue weighted by molar-refractivity contribution is 0.0184. The molecule has 1 atom stereocenters. The molecule has 4 heteroatoms. The van der Waals surface area contributed by atoms with Crippen LogP contribution in [0.15, 0.2) is 0 Å². The number of likely N-dealkylation sites (tertiary alicyclic amines) is 1. The molecule has 0 aromatic carbocycles. The van der Waals surface area contributed by atoms with Crippen molar-refractivity contribution in [1.29, 1.82) is 0 Å². The van der Waals surface area contributed by atoms with Crippen molar-refractivity contribution < 1.29 is 9.53 Å². The fourth-order valence-electron chi connectivity index (χ4n) is 1.87. The molecule has 94 valence electrons. The third kappa shape index (κ3) is 4.20. The van der Waals surface area contributed by atoms with E-state index < -0.39 is 5.60 Å². The van der Waals surface area contributed by atoms with E-state index in [2.05, 4.69) is 0 Å². The second-order valence-electron chi connectivity index (χ2n) is 5.48. The van der Waals surface area contributed by atoms with Gasteiger partial charge in [0.05, 0.1) is 0 Å². The summed E-state index contributed by atoms with van der Waals surface area (Å²) in [4.78, 5) is 13.5. The summed E-state index contributed by atoms with van der Waals surface area (Å²) in [5.74, 6) is 0.528. The van der Waals surface area contributed by atoms with Gasteiger partial charge < -0.3 is 9.64 Å². The van der Waals surface area contributed by atoms with Crippen LogP contribution in [0.1, 0.15) is 40.5 Å². The Morgan fingerprint density at radius 1 is 1.38 bits per heavy atom. The number of carbonyl (C=O) groups is 1. The lowest BCUT2D eigenvalue weighted by Crippen LogP contribution is -2.42. The molecule has 0 aromatic rings. The highest BCUT2D eigenvalue weighted by Gasteiger charge is 2.28. The number of nitrogens with zero attached hydrogens (tertiary/aromatic N) is 1. The van der Waals surface area contributed by atoms with Gasteiger partial charge in [0.2, 0.25) is 0 Å². The van der Waals surface area contributed by atoms with Crippen molar-refractivity contribution >= 4 is 17.7 Å². The SMILES string of the molecule is CC(Cl)C1CCN(C(=O)OC(C)(C)C)CC1. The van der Waals surface area contributed by atoms with Crippen LogP contribution < -0.4 is 0 Å². The Morgan fingerprint density at radius 2 is 1.88 bits per heavy atom. The molecule has 0 N–H and O–H groups in total. The number of ether oxygens (including phenoxy) is 1. The Kier molecular flexibility index (Phi) is 4.48. The summed E-state index contributed by atoms with van der Waals surface area (Å²) in [5, 5.41) is 0.195. The molecule has 1 saturated heterocycles. The van der Waals surface area contributed by atoms with Crippen LogP contribution in [0.2, 0.25) is 0 Å². The molecule has 16 heavy (non-hydrogen) atoms. The lowest BCUT2D eigenvalue weighted by atomic mass is 9.94. The third-order valence-electron chi connectivity index (χ3n) is 2.84. The maximum Gasteiger partial charge on any atom is 0.410 e. The molecule has 1 fully saturated rings. The molecule has 1 unspecified atom stereocenters. The van der Waals surface area contributed by atoms with E-state index in [0.717, 1.165) is 25.9 Å². The summed E-state index contributed by atoms with van der Waals surface area (Å²) in [6.45, 7) is 9.21. The van der Waals surface area contributed by atoms with Gasteiger partial charge in [0.1, 0.15) is 5.60 Å². The van der Waals surface area contributed by atoms with Crippen molar-refractivity contribution in [3.05, 3.63) is 0 Å². The topological polar surface area (TPSA) is 29.5 Å². The van der Waals surface area contributed by atoms with E-state index in [9.17, 15) is 4.79 Å². The smallest absolute Gasteiger partial charge is 0.410 e. The fourth-order valence-corrected chi connectivity index (χ4v) is 2.12. The molecular weight excluding hydrogens is 226 g/mol. The largest absolute Gasteiger partial charge is 0.444 e. The zero-order valence-corrected chi connectivity index (χ0v) is 11.4. The minimum Gasteiger partial charge on any atom is -0.444 e. The van der Waals surface area contributed by atoms with Crippen LogP contribution >= 0.6 is 11.6 Å². The van der Waals surface area contributed by atoms with E-state index in [1.54, 1.807) is 4.90 Å². The number of hydrogen-bond acceptors (Lipinski definition) is 2. The molecule has 1 heterocycles. The van der Waals surface area contributed by atoms with Crippen LogP contribution in [0.25, 0.3) is 0 Å². The number of carbonyl (C=O) groups excluding carboxylic acids is 1. The second-order valence-corrected chi connectivity index (χ2v) is 6.17. The number of amides is 1. The van der Waals surface area contributed by atoms with Gasteiger partial charge in [0.25, 0.3) is 0 Å². The molecule has 0 saturated carbocycles. The van der Waals surface area contributed by atoms with Crippen LogP contribution in [0.4, 0.5) is 4.79 Å². The molecule has 1 rings (SSSR count). The second kappa shape index (κ2) is 5.26. The number of alkyl halides is 1. The standard InChI is InChI=1S/C12H22ClNO2/c1-9(13)10-5-7-14(8-6-10)11(15)16-12(2,3)4/h9-10H,5-8H2,1-4H3. The monoisotopic (exact) mass is 247 g/mol. The summed E-state index contributed by atoms with van der Waals surface area (Å²) in [7, 11) is 0. The minimum absolute atomic E-state index is 0.195. The summed E-state index contributed by atoms with van der Waals surface area (Å²) in [6.07, 6.45) is 1.75. The van der Waals surface area contributed by atoms with Crippen molar-refractivity contribution in [1.82, 2.24) is 4.90 Å². The normalized spacial score (nSPS) is 20.7. The molecule has 0 aromatic heterocycles. The molecule has 0 aliphatic carbocycles. The Morgan fingerprint density at radius 3 is 2.25 bits per heavy atom. The van der Waals surface area contributed by atoms with Crippen molar-refractivity contribution in [3.63, 3.8) is 0 Å². The Labute approximate surface area is 103 Å². The Bertz CT molecular complexity index is 240. The van der Waals surface area contributed by atoms with Crippen LogP contribution in [0, 0.1) is 5.92 Å². The van der Waals surface area contributed by atoms with Crippen LogP contribution in [-0.4, -0.2) is 35.1 Å². The van der Waals surface area contributed by atoms with Gasteiger partial charge in [-0.05, 0) is 46.5 Å². The molecule has 1 aliphatic rings. The Balaban J connectivity index is 2.39. The van der Waals surface area contributed by atoms with E-state index in [-0.39, 0.29) is 11.5 Å². The third-order valence-corrected chi connectivity index (χ3v) is 3.20. The molecular formula is C12H22ClNO2. The maximum atomic E-state index is 11.8. The molecule has 3 nitrogen and oxygen atoms in total. The maximum absolute atomic E-state index is 11.8. The van der Waals surface area contributed by atoms with Gasteiger partial charge in [0.15, 0.2) is 0 Å². The van der Waals surface area contributed by atoms with Crippen molar-refractivity contribution in [3.8, 4) is 0 Å². The number of halogens is 1. The van der Waals surface area contributed by atoms with E-state index in [0.29, 0.717) is 5.92 Å². The zero-order chi connectivity index (χ0) is 12.3. The first kappa shape index (κ1) is 13.6. The average molecular weight is 248 g/mol. The van der Waals surface area contributed by atoms with Gasteiger partial charge in [-0.25, -0.2) is 4.79 Å². The predicted octanol–water partition coefficient (Wildman–Crippen LogP) is 3.26. The summed E-state index contributed by atoms with van der Waals surface area (Å²) in [6, 6.07) is 0.